The van der Waals surface area contributed by atoms with Crippen LogP contribution >= 0.6 is 0 Å². The summed E-state index contributed by atoms with van der Waals surface area (Å²) in [4.78, 5) is 6.98. The quantitative estimate of drug-likeness (QED) is 0.319. The van der Waals surface area contributed by atoms with E-state index < -0.39 is 0 Å². The van der Waals surface area contributed by atoms with E-state index in [9.17, 15) is 0 Å². The molecule has 0 bridgehead atoms. The summed E-state index contributed by atoms with van der Waals surface area (Å²) < 4.78 is 11.0. The van der Waals surface area contributed by atoms with Gasteiger partial charge in [-0.15, -0.1) is 0 Å². The Morgan fingerprint density at radius 3 is 2.56 bits per heavy atom. The fourth-order valence-electron chi connectivity index (χ4n) is 4.10. The number of benzene rings is 2. The maximum Gasteiger partial charge on any atom is 0.191 e. The summed E-state index contributed by atoms with van der Waals surface area (Å²) in [5.41, 5.74) is 3.75. The number of aliphatic imine (C=N–C) groups is 1. The molecule has 0 saturated carbocycles. The summed E-state index contributed by atoms with van der Waals surface area (Å²) >= 11 is 0. The lowest BCUT2D eigenvalue weighted by atomic mass is 10.1. The average molecular weight is 439 g/mol. The van der Waals surface area contributed by atoms with Gasteiger partial charge in [0.15, 0.2) is 5.96 Å². The third-order valence-electron chi connectivity index (χ3n) is 5.79. The molecular formula is C26H38N4O2. The molecule has 0 aliphatic carbocycles. The molecule has 2 aromatic carbocycles. The first-order valence-corrected chi connectivity index (χ1v) is 11.7. The standard InChI is InChI=1S/C26H38N4O2/c1-4-31-13-14-32-20-24-12-8-11-23(16-24)17-28-26(27-3)29-25-15-21(2)30(19-25)18-22-9-6-5-7-10-22/h5-12,16,21,25H,4,13-15,17-20H2,1-3H3,(H2,27,28,29). The molecule has 1 aliphatic heterocycles. The zero-order valence-electron chi connectivity index (χ0n) is 19.7. The largest absolute Gasteiger partial charge is 0.379 e. The third-order valence-corrected chi connectivity index (χ3v) is 5.79. The van der Waals surface area contributed by atoms with E-state index in [0.29, 0.717) is 31.9 Å². The monoisotopic (exact) mass is 438 g/mol. The molecule has 0 amide bonds. The van der Waals surface area contributed by atoms with Gasteiger partial charge in [0.05, 0.1) is 19.8 Å². The Hall–Kier alpha value is -2.41. The van der Waals surface area contributed by atoms with Crippen LogP contribution in [0.1, 0.15) is 37.0 Å². The lowest BCUT2D eigenvalue weighted by molar-refractivity contribution is 0.0453. The summed E-state index contributed by atoms with van der Waals surface area (Å²) in [7, 11) is 1.83. The average Bonchev–Trinajstić information content (AvgIpc) is 3.16. The second kappa shape index (κ2) is 13.2. The predicted octanol–water partition coefficient (Wildman–Crippen LogP) is 3.57. The Labute approximate surface area is 193 Å². The number of hydrogen-bond donors (Lipinski definition) is 2. The van der Waals surface area contributed by atoms with Crippen LogP contribution in [0.3, 0.4) is 0 Å². The molecule has 1 saturated heterocycles. The molecule has 1 fully saturated rings. The van der Waals surface area contributed by atoms with Crippen LogP contribution in [-0.2, 0) is 29.2 Å². The van der Waals surface area contributed by atoms with Gasteiger partial charge < -0.3 is 20.1 Å². The molecule has 6 nitrogen and oxygen atoms in total. The van der Waals surface area contributed by atoms with Crippen LogP contribution in [0.4, 0.5) is 0 Å². The molecule has 2 unspecified atom stereocenters. The minimum atomic E-state index is 0.394. The lowest BCUT2D eigenvalue weighted by Crippen LogP contribution is -2.44. The molecule has 6 heteroatoms. The highest BCUT2D eigenvalue weighted by molar-refractivity contribution is 5.80. The summed E-state index contributed by atoms with van der Waals surface area (Å²) in [5, 5.41) is 7.07. The van der Waals surface area contributed by atoms with Crippen molar-refractivity contribution < 1.29 is 9.47 Å². The zero-order valence-corrected chi connectivity index (χ0v) is 19.7. The first-order valence-electron chi connectivity index (χ1n) is 11.7. The number of guanidine groups is 1. The van der Waals surface area contributed by atoms with Crippen LogP contribution in [0.2, 0.25) is 0 Å². The topological polar surface area (TPSA) is 58.1 Å². The van der Waals surface area contributed by atoms with Gasteiger partial charge in [0.25, 0.3) is 0 Å². The van der Waals surface area contributed by atoms with E-state index in [2.05, 4.69) is 82.0 Å². The Morgan fingerprint density at radius 2 is 1.78 bits per heavy atom. The van der Waals surface area contributed by atoms with Crippen molar-refractivity contribution in [2.24, 2.45) is 4.99 Å². The highest BCUT2D eigenvalue weighted by Crippen LogP contribution is 2.20. The van der Waals surface area contributed by atoms with Gasteiger partial charge in [-0.2, -0.15) is 0 Å². The fraction of sp³-hybridized carbons (Fsp3) is 0.500. The van der Waals surface area contributed by atoms with Crippen LogP contribution in [0, 0.1) is 0 Å². The first-order chi connectivity index (χ1) is 15.7. The van der Waals surface area contributed by atoms with Gasteiger partial charge in [-0.1, -0.05) is 54.6 Å². The number of likely N-dealkylation sites (tertiary alicyclic amines) is 1. The molecule has 174 valence electrons. The van der Waals surface area contributed by atoms with Crippen LogP contribution in [-0.4, -0.2) is 56.4 Å². The van der Waals surface area contributed by atoms with Gasteiger partial charge in [0, 0.05) is 45.4 Å². The zero-order chi connectivity index (χ0) is 22.6. The van der Waals surface area contributed by atoms with Crippen molar-refractivity contribution in [1.82, 2.24) is 15.5 Å². The van der Waals surface area contributed by atoms with Crippen LogP contribution in [0.15, 0.2) is 59.6 Å². The van der Waals surface area contributed by atoms with Crippen LogP contribution in [0.25, 0.3) is 0 Å². The minimum absolute atomic E-state index is 0.394. The van der Waals surface area contributed by atoms with Crippen molar-refractivity contribution in [1.29, 1.82) is 0 Å². The van der Waals surface area contributed by atoms with E-state index in [4.69, 9.17) is 9.47 Å². The number of hydrogen-bond acceptors (Lipinski definition) is 4. The smallest absolute Gasteiger partial charge is 0.191 e. The van der Waals surface area contributed by atoms with Gasteiger partial charge in [-0.25, -0.2) is 0 Å². The molecule has 0 spiro atoms. The maximum atomic E-state index is 5.69. The summed E-state index contributed by atoms with van der Waals surface area (Å²) in [5.74, 6) is 0.849. The van der Waals surface area contributed by atoms with Crippen molar-refractivity contribution in [2.75, 3.05) is 33.4 Å². The van der Waals surface area contributed by atoms with Gasteiger partial charge in [-0.05, 0) is 37.0 Å². The predicted molar refractivity (Wildman–Crippen MR) is 131 cm³/mol. The van der Waals surface area contributed by atoms with E-state index in [1.807, 2.05) is 14.0 Å². The molecule has 1 heterocycles. The summed E-state index contributed by atoms with van der Waals surface area (Å²) in [6.07, 6.45) is 1.11. The lowest BCUT2D eigenvalue weighted by Gasteiger charge is -2.21. The molecule has 2 N–H and O–H groups in total. The molecule has 2 atom stereocenters. The second-order valence-electron chi connectivity index (χ2n) is 8.34. The van der Waals surface area contributed by atoms with Gasteiger partial charge in [0.2, 0.25) is 0 Å². The SMILES string of the molecule is CCOCCOCc1cccc(CNC(=NC)NC2CC(C)N(Cc3ccccc3)C2)c1. The number of ether oxygens (including phenoxy) is 2. The molecule has 0 radical (unpaired) electrons. The fourth-order valence-corrected chi connectivity index (χ4v) is 4.10. The highest BCUT2D eigenvalue weighted by Gasteiger charge is 2.29. The van der Waals surface area contributed by atoms with Gasteiger partial charge >= 0.3 is 0 Å². The van der Waals surface area contributed by atoms with E-state index in [-0.39, 0.29) is 0 Å². The molecule has 32 heavy (non-hydrogen) atoms. The highest BCUT2D eigenvalue weighted by atomic mass is 16.5. The van der Waals surface area contributed by atoms with Gasteiger partial charge in [0.1, 0.15) is 0 Å². The van der Waals surface area contributed by atoms with E-state index in [0.717, 1.165) is 38.6 Å². The normalized spacial score (nSPS) is 19.3. The Kier molecular flexibility index (Phi) is 10.0. The third kappa shape index (κ3) is 7.93. The van der Waals surface area contributed by atoms with Crippen molar-refractivity contribution in [3.63, 3.8) is 0 Å². The summed E-state index contributed by atoms with van der Waals surface area (Å²) in [6, 6.07) is 20.1. The number of nitrogens with one attached hydrogen (secondary N) is 2. The van der Waals surface area contributed by atoms with Crippen LogP contribution < -0.4 is 10.6 Å². The van der Waals surface area contributed by atoms with E-state index in [1.165, 1.54) is 16.7 Å². The van der Waals surface area contributed by atoms with Gasteiger partial charge in [-0.3, -0.25) is 9.89 Å². The van der Waals surface area contributed by atoms with E-state index in [1.54, 1.807) is 0 Å². The maximum absolute atomic E-state index is 5.69. The van der Waals surface area contributed by atoms with E-state index >= 15 is 0 Å². The summed E-state index contributed by atoms with van der Waals surface area (Å²) in [6.45, 7) is 9.63. The molecule has 2 aromatic rings. The van der Waals surface area contributed by atoms with Crippen molar-refractivity contribution >= 4 is 5.96 Å². The first kappa shape index (κ1) is 24.2. The van der Waals surface area contributed by atoms with Crippen molar-refractivity contribution in [2.45, 2.75) is 52.0 Å². The molecule has 1 aliphatic rings. The van der Waals surface area contributed by atoms with Crippen molar-refractivity contribution in [3.8, 4) is 0 Å². The Morgan fingerprint density at radius 1 is 1.03 bits per heavy atom. The molecule has 0 aromatic heterocycles. The number of nitrogens with zero attached hydrogens (tertiary/aromatic N) is 2. The van der Waals surface area contributed by atoms with Crippen LogP contribution in [0.5, 0.6) is 0 Å². The minimum Gasteiger partial charge on any atom is -0.379 e. The van der Waals surface area contributed by atoms with Crippen molar-refractivity contribution in [3.05, 3.63) is 71.3 Å². The number of rotatable bonds is 11. The molecule has 3 rings (SSSR count). The Balaban J connectivity index is 1.43. The Bertz CT molecular complexity index is 828. The molecular weight excluding hydrogens is 400 g/mol. The second-order valence-corrected chi connectivity index (χ2v) is 8.34.